The molecule has 1 fully saturated rings. The first-order chi connectivity index (χ1) is 7.02. The fraction of sp³-hybridized carbons (Fsp3) is 0.727. The Labute approximate surface area is 91.8 Å². The summed E-state index contributed by atoms with van der Waals surface area (Å²) in [4.78, 5) is 1.93. The van der Waals surface area contributed by atoms with Crippen LogP contribution in [0.4, 0.5) is 0 Å². The average molecular weight is 210 g/mol. The van der Waals surface area contributed by atoms with E-state index >= 15 is 0 Å². The van der Waals surface area contributed by atoms with Crippen molar-refractivity contribution in [3.8, 4) is 0 Å². The van der Waals surface area contributed by atoms with Gasteiger partial charge in [-0.05, 0) is 32.6 Å². The van der Waals surface area contributed by atoms with Crippen LogP contribution in [-0.4, -0.2) is 29.5 Å². The van der Waals surface area contributed by atoms with E-state index in [2.05, 4.69) is 6.58 Å². The zero-order valence-electron chi connectivity index (χ0n) is 9.50. The molecule has 1 aliphatic rings. The molecule has 0 saturated carbocycles. The van der Waals surface area contributed by atoms with E-state index in [0.29, 0.717) is 0 Å². The Bertz CT molecular complexity index is 249. The Balaban J connectivity index is 2.60. The lowest BCUT2D eigenvalue weighted by molar-refractivity contribution is 0.198. The zero-order valence-corrected chi connectivity index (χ0v) is 9.50. The molecular formula is C11H22N4. The van der Waals surface area contributed by atoms with E-state index in [4.69, 9.17) is 16.9 Å². The number of hydrogen-bond donors (Lipinski definition) is 3. The van der Waals surface area contributed by atoms with Crippen molar-refractivity contribution in [2.75, 3.05) is 6.54 Å². The second kappa shape index (κ2) is 5.16. The van der Waals surface area contributed by atoms with E-state index < -0.39 is 0 Å². The van der Waals surface area contributed by atoms with Crippen LogP contribution in [0, 0.1) is 5.41 Å². The van der Waals surface area contributed by atoms with Gasteiger partial charge in [0.1, 0.15) is 0 Å². The lowest BCUT2D eigenvalue weighted by Crippen LogP contribution is -2.56. The van der Waals surface area contributed by atoms with Crippen LogP contribution in [0.25, 0.3) is 0 Å². The van der Waals surface area contributed by atoms with Gasteiger partial charge in [0.25, 0.3) is 0 Å². The van der Waals surface area contributed by atoms with Gasteiger partial charge in [-0.1, -0.05) is 5.57 Å². The third kappa shape index (κ3) is 3.23. The van der Waals surface area contributed by atoms with E-state index in [1.54, 1.807) is 0 Å². The van der Waals surface area contributed by atoms with Crippen LogP contribution in [0.1, 0.15) is 32.6 Å². The van der Waals surface area contributed by atoms with Crippen LogP contribution in [-0.2, 0) is 0 Å². The highest BCUT2D eigenvalue weighted by atomic mass is 15.3. The van der Waals surface area contributed by atoms with Crippen molar-refractivity contribution in [2.45, 2.75) is 44.7 Å². The maximum atomic E-state index is 7.52. The molecule has 0 aromatic carbocycles. The number of guanidine groups is 1. The predicted molar refractivity (Wildman–Crippen MR) is 63.7 cm³/mol. The summed E-state index contributed by atoms with van der Waals surface area (Å²) in [6.45, 7) is 6.78. The minimum atomic E-state index is 0.141. The number of hydrogen-bond acceptors (Lipinski definition) is 2. The molecule has 0 bridgehead atoms. The smallest absolute Gasteiger partial charge is 0.188 e. The molecule has 1 aliphatic heterocycles. The summed E-state index contributed by atoms with van der Waals surface area (Å²) in [5.41, 5.74) is 12.8. The molecule has 86 valence electrons. The highest BCUT2D eigenvalue weighted by molar-refractivity contribution is 5.75. The first kappa shape index (κ1) is 12.0. The molecule has 15 heavy (non-hydrogen) atoms. The highest BCUT2D eigenvalue weighted by Gasteiger charge is 2.29. The monoisotopic (exact) mass is 210 g/mol. The van der Waals surface area contributed by atoms with Gasteiger partial charge in [0, 0.05) is 18.6 Å². The average Bonchev–Trinajstić information content (AvgIpc) is 2.15. The van der Waals surface area contributed by atoms with Crippen molar-refractivity contribution >= 4 is 5.96 Å². The summed E-state index contributed by atoms with van der Waals surface area (Å²) >= 11 is 0. The summed E-state index contributed by atoms with van der Waals surface area (Å²) in [6, 6.07) is 0.356. The quantitative estimate of drug-likeness (QED) is 0.370. The molecule has 5 N–H and O–H groups in total. The predicted octanol–water partition coefficient (Wildman–Crippen LogP) is 1.03. The van der Waals surface area contributed by atoms with E-state index in [1.165, 1.54) is 0 Å². The van der Waals surface area contributed by atoms with Crippen molar-refractivity contribution in [2.24, 2.45) is 11.5 Å². The molecule has 0 radical (unpaired) electrons. The number of rotatable bonds is 3. The van der Waals surface area contributed by atoms with Crippen molar-refractivity contribution in [1.82, 2.24) is 4.90 Å². The number of nitrogens with two attached hydrogens (primary N) is 2. The summed E-state index contributed by atoms with van der Waals surface area (Å²) in [5.74, 6) is 0.150. The summed E-state index contributed by atoms with van der Waals surface area (Å²) < 4.78 is 0. The summed E-state index contributed by atoms with van der Waals surface area (Å²) in [7, 11) is 0. The van der Waals surface area contributed by atoms with Gasteiger partial charge in [-0.2, -0.15) is 0 Å². The van der Waals surface area contributed by atoms with E-state index in [0.717, 1.165) is 37.8 Å². The lowest BCUT2D eigenvalue weighted by atomic mass is 9.92. The molecular weight excluding hydrogens is 188 g/mol. The molecule has 2 atom stereocenters. The van der Waals surface area contributed by atoms with Crippen LogP contribution < -0.4 is 11.5 Å². The first-order valence-corrected chi connectivity index (χ1v) is 5.53. The van der Waals surface area contributed by atoms with Gasteiger partial charge in [0.2, 0.25) is 0 Å². The molecule has 0 spiro atoms. The molecule has 4 nitrogen and oxygen atoms in total. The minimum Gasteiger partial charge on any atom is -0.370 e. The number of likely N-dealkylation sites (tertiary alicyclic amines) is 1. The normalized spacial score (nSPS) is 26.4. The molecule has 0 aromatic rings. The number of nitrogens with one attached hydrogen (secondary N) is 1. The SMILES string of the molecule is C=C(C)CCC1C(N)CCCN1C(=N)N. The molecule has 1 heterocycles. The molecule has 0 amide bonds. The zero-order chi connectivity index (χ0) is 11.4. The van der Waals surface area contributed by atoms with Crippen molar-refractivity contribution < 1.29 is 0 Å². The fourth-order valence-corrected chi connectivity index (χ4v) is 2.15. The molecule has 1 saturated heterocycles. The van der Waals surface area contributed by atoms with Crippen LogP contribution >= 0.6 is 0 Å². The molecule has 4 heteroatoms. The van der Waals surface area contributed by atoms with Gasteiger partial charge in [0.05, 0.1) is 0 Å². The van der Waals surface area contributed by atoms with E-state index in [-0.39, 0.29) is 18.0 Å². The Hall–Kier alpha value is -1.03. The van der Waals surface area contributed by atoms with E-state index in [1.807, 2.05) is 11.8 Å². The number of allylic oxidation sites excluding steroid dienone is 1. The minimum absolute atomic E-state index is 0.141. The number of piperidine rings is 1. The maximum absolute atomic E-state index is 7.52. The Morgan fingerprint density at radius 3 is 2.80 bits per heavy atom. The Morgan fingerprint density at radius 2 is 2.27 bits per heavy atom. The number of nitrogens with zero attached hydrogens (tertiary/aromatic N) is 1. The Morgan fingerprint density at radius 1 is 1.60 bits per heavy atom. The van der Waals surface area contributed by atoms with Gasteiger partial charge in [-0.25, -0.2) is 0 Å². The molecule has 1 rings (SSSR count). The largest absolute Gasteiger partial charge is 0.370 e. The van der Waals surface area contributed by atoms with Crippen molar-refractivity contribution in [3.63, 3.8) is 0 Å². The van der Waals surface area contributed by atoms with Crippen LogP contribution in [0.3, 0.4) is 0 Å². The molecule has 0 aromatic heterocycles. The third-order valence-corrected chi connectivity index (χ3v) is 3.01. The van der Waals surface area contributed by atoms with E-state index in [9.17, 15) is 0 Å². The van der Waals surface area contributed by atoms with Gasteiger partial charge in [0.15, 0.2) is 5.96 Å². The van der Waals surface area contributed by atoms with Crippen LogP contribution in [0.5, 0.6) is 0 Å². The fourth-order valence-electron chi connectivity index (χ4n) is 2.15. The summed E-state index contributed by atoms with van der Waals surface area (Å²) in [5, 5.41) is 7.52. The third-order valence-electron chi connectivity index (χ3n) is 3.01. The van der Waals surface area contributed by atoms with Crippen molar-refractivity contribution in [1.29, 1.82) is 5.41 Å². The Kier molecular flexibility index (Phi) is 4.15. The van der Waals surface area contributed by atoms with Crippen LogP contribution in [0.15, 0.2) is 12.2 Å². The van der Waals surface area contributed by atoms with Gasteiger partial charge in [-0.3, -0.25) is 5.41 Å². The van der Waals surface area contributed by atoms with Gasteiger partial charge in [-0.15, -0.1) is 6.58 Å². The molecule has 0 aliphatic carbocycles. The maximum Gasteiger partial charge on any atom is 0.188 e. The highest BCUT2D eigenvalue weighted by Crippen LogP contribution is 2.21. The standard InChI is InChI=1S/C11H22N4/c1-8(2)5-6-10-9(12)4-3-7-15(10)11(13)14/h9-10H,1,3-7,12H2,2H3,(H3,13,14). The van der Waals surface area contributed by atoms with Crippen LogP contribution in [0.2, 0.25) is 0 Å². The van der Waals surface area contributed by atoms with Gasteiger partial charge < -0.3 is 16.4 Å². The van der Waals surface area contributed by atoms with Gasteiger partial charge >= 0.3 is 0 Å². The first-order valence-electron chi connectivity index (χ1n) is 5.53. The van der Waals surface area contributed by atoms with Crippen molar-refractivity contribution in [3.05, 3.63) is 12.2 Å². The molecule has 2 unspecified atom stereocenters. The lowest BCUT2D eigenvalue weighted by Gasteiger charge is -2.40. The summed E-state index contributed by atoms with van der Waals surface area (Å²) in [6.07, 6.45) is 3.98. The topological polar surface area (TPSA) is 79.1 Å². The second-order valence-corrected chi connectivity index (χ2v) is 4.45. The second-order valence-electron chi connectivity index (χ2n) is 4.45.